The van der Waals surface area contributed by atoms with Crippen molar-refractivity contribution in [1.82, 2.24) is 10.3 Å². The van der Waals surface area contributed by atoms with Crippen molar-refractivity contribution in [3.05, 3.63) is 28.9 Å². The molecule has 2 heterocycles. The fourth-order valence-electron chi connectivity index (χ4n) is 1.47. The molecule has 0 aliphatic heterocycles. The van der Waals surface area contributed by atoms with E-state index in [1.54, 1.807) is 17.5 Å². The minimum Gasteiger partial charge on any atom is -0.439 e. The summed E-state index contributed by atoms with van der Waals surface area (Å²) in [5.41, 5.74) is 1.10. The summed E-state index contributed by atoms with van der Waals surface area (Å²) in [6.45, 7) is 5.20. The Labute approximate surface area is 99.5 Å². The molecule has 86 valence electrons. The lowest BCUT2D eigenvalue weighted by molar-refractivity contribution is 0.423. The summed E-state index contributed by atoms with van der Waals surface area (Å²) in [4.78, 5) is 4.30. The smallest absolute Gasteiger partial charge is 0.211 e. The Morgan fingerprint density at radius 2 is 2.44 bits per heavy atom. The van der Waals surface area contributed by atoms with Crippen molar-refractivity contribution < 1.29 is 4.42 Å². The van der Waals surface area contributed by atoms with Crippen LogP contribution in [0.25, 0.3) is 11.3 Å². The number of oxazole rings is 1. The van der Waals surface area contributed by atoms with Gasteiger partial charge in [0.15, 0.2) is 5.76 Å². The maximum atomic E-state index is 5.72. The van der Waals surface area contributed by atoms with Crippen LogP contribution in [0.5, 0.6) is 0 Å². The normalized spacial score (nSPS) is 12.9. The number of hydrogen-bond acceptors (Lipinski definition) is 4. The second kappa shape index (κ2) is 5.27. The van der Waals surface area contributed by atoms with Crippen molar-refractivity contribution in [2.24, 2.45) is 0 Å². The van der Waals surface area contributed by atoms with Crippen molar-refractivity contribution >= 4 is 11.3 Å². The standard InChI is InChI=1S/C12H16N2OS/c1-3-5-13-9(2)12-14-7-11(15-12)10-4-6-16-8-10/h4,6-9,13H,3,5H2,1-2H3. The highest BCUT2D eigenvalue weighted by Crippen LogP contribution is 2.24. The Balaban J connectivity index is 2.07. The van der Waals surface area contributed by atoms with E-state index in [-0.39, 0.29) is 6.04 Å². The predicted octanol–water partition coefficient (Wildman–Crippen LogP) is 3.46. The molecule has 0 fully saturated rings. The monoisotopic (exact) mass is 236 g/mol. The zero-order valence-corrected chi connectivity index (χ0v) is 10.4. The van der Waals surface area contributed by atoms with Crippen LogP contribution in [-0.4, -0.2) is 11.5 Å². The number of nitrogens with zero attached hydrogens (tertiary/aromatic N) is 1. The Bertz CT molecular complexity index is 422. The van der Waals surface area contributed by atoms with Crippen molar-refractivity contribution in [2.75, 3.05) is 6.54 Å². The van der Waals surface area contributed by atoms with Gasteiger partial charge in [-0.2, -0.15) is 11.3 Å². The molecule has 0 aliphatic carbocycles. The molecule has 2 aromatic rings. The lowest BCUT2D eigenvalue weighted by atomic mass is 10.3. The van der Waals surface area contributed by atoms with Gasteiger partial charge in [-0.3, -0.25) is 0 Å². The first-order valence-electron chi connectivity index (χ1n) is 5.53. The van der Waals surface area contributed by atoms with Gasteiger partial charge in [0.1, 0.15) is 0 Å². The first-order chi connectivity index (χ1) is 7.81. The molecule has 0 amide bonds. The molecular weight excluding hydrogens is 220 g/mol. The molecule has 2 rings (SSSR count). The molecule has 0 bridgehead atoms. The lowest BCUT2D eigenvalue weighted by Gasteiger charge is -2.08. The summed E-state index contributed by atoms with van der Waals surface area (Å²) in [6, 6.07) is 2.21. The zero-order valence-electron chi connectivity index (χ0n) is 9.56. The third kappa shape index (κ3) is 2.51. The van der Waals surface area contributed by atoms with Crippen LogP contribution in [0.4, 0.5) is 0 Å². The van der Waals surface area contributed by atoms with E-state index in [4.69, 9.17) is 4.42 Å². The highest BCUT2D eigenvalue weighted by Gasteiger charge is 2.12. The van der Waals surface area contributed by atoms with Crippen molar-refractivity contribution in [3.63, 3.8) is 0 Å². The van der Waals surface area contributed by atoms with Gasteiger partial charge in [0, 0.05) is 10.9 Å². The first kappa shape index (κ1) is 11.4. The molecule has 0 aliphatic rings. The summed E-state index contributed by atoms with van der Waals surface area (Å²) in [7, 11) is 0. The van der Waals surface area contributed by atoms with Crippen LogP contribution in [0.15, 0.2) is 27.4 Å². The maximum absolute atomic E-state index is 5.72. The first-order valence-corrected chi connectivity index (χ1v) is 6.47. The average molecular weight is 236 g/mol. The van der Waals surface area contributed by atoms with Crippen LogP contribution < -0.4 is 5.32 Å². The minimum absolute atomic E-state index is 0.173. The summed E-state index contributed by atoms with van der Waals surface area (Å²) in [6.07, 6.45) is 2.91. The Hall–Kier alpha value is -1.13. The van der Waals surface area contributed by atoms with E-state index in [0.29, 0.717) is 0 Å². The van der Waals surface area contributed by atoms with Gasteiger partial charge in [-0.15, -0.1) is 0 Å². The van der Waals surface area contributed by atoms with E-state index in [1.165, 1.54) is 0 Å². The van der Waals surface area contributed by atoms with Crippen molar-refractivity contribution in [1.29, 1.82) is 0 Å². The van der Waals surface area contributed by atoms with Crippen LogP contribution in [0.2, 0.25) is 0 Å². The summed E-state index contributed by atoms with van der Waals surface area (Å²) >= 11 is 1.66. The van der Waals surface area contributed by atoms with E-state index in [2.05, 4.69) is 29.5 Å². The molecule has 4 heteroatoms. The Morgan fingerprint density at radius 1 is 1.56 bits per heavy atom. The van der Waals surface area contributed by atoms with Gasteiger partial charge in [0.05, 0.1) is 12.2 Å². The highest BCUT2D eigenvalue weighted by atomic mass is 32.1. The van der Waals surface area contributed by atoms with E-state index in [1.807, 2.05) is 11.4 Å². The number of rotatable bonds is 5. The lowest BCUT2D eigenvalue weighted by Crippen LogP contribution is -2.19. The molecule has 0 spiro atoms. The average Bonchev–Trinajstić information content (AvgIpc) is 2.94. The van der Waals surface area contributed by atoms with Crippen molar-refractivity contribution in [3.8, 4) is 11.3 Å². The molecule has 16 heavy (non-hydrogen) atoms. The predicted molar refractivity (Wildman–Crippen MR) is 66.5 cm³/mol. The molecule has 1 N–H and O–H groups in total. The topological polar surface area (TPSA) is 38.1 Å². The molecule has 0 saturated heterocycles. The fourth-order valence-corrected chi connectivity index (χ4v) is 2.12. The second-order valence-electron chi connectivity index (χ2n) is 3.75. The third-order valence-electron chi connectivity index (χ3n) is 2.40. The van der Waals surface area contributed by atoms with Crippen LogP contribution in [0.1, 0.15) is 32.2 Å². The molecule has 0 radical (unpaired) electrons. The number of thiophene rings is 1. The quantitative estimate of drug-likeness (QED) is 0.864. The van der Waals surface area contributed by atoms with Crippen molar-refractivity contribution in [2.45, 2.75) is 26.3 Å². The van der Waals surface area contributed by atoms with Gasteiger partial charge in [-0.25, -0.2) is 4.98 Å². The zero-order chi connectivity index (χ0) is 11.4. The molecule has 2 aromatic heterocycles. The van der Waals surface area contributed by atoms with Gasteiger partial charge in [0.25, 0.3) is 0 Å². The Morgan fingerprint density at radius 3 is 3.12 bits per heavy atom. The van der Waals surface area contributed by atoms with Gasteiger partial charge >= 0.3 is 0 Å². The number of nitrogens with one attached hydrogen (secondary N) is 1. The number of aromatic nitrogens is 1. The van der Waals surface area contributed by atoms with Crippen LogP contribution in [0.3, 0.4) is 0 Å². The molecule has 0 aromatic carbocycles. The Kier molecular flexibility index (Phi) is 3.74. The largest absolute Gasteiger partial charge is 0.439 e. The summed E-state index contributed by atoms with van der Waals surface area (Å²) in [5.74, 6) is 1.61. The minimum atomic E-state index is 0.173. The van der Waals surface area contributed by atoms with Gasteiger partial charge in [0.2, 0.25) is 5.89 Å². The fraction of sp³-hybridized carbons (Fsp3) is 0.417. The number of hydrogen-bond donors (Lipinski definition) is 1. The summed E-state index contributed by atoms with van der Waals surface area (Å²) in [5, 5.41) is 7.46. The maximum Gasteiger partial charge on any atom is 0.211 e. The third-order valence-corrected chi connectivity index (χ3v) is 3.08. The molecule has 0 saturated carbocycles. The van der Waals surface area contributed by atoms with Gasteiger partial charge in [-0.05, 0) is 31.3 Å². The molecule has 1 atom stereocenters. The van der Waals surface area contributed by atoms with Gasteiger partial charge < -0.3 is 9.73 Å². The molecule has 1 unspecified atom stereocenters. The molecular formula is C12H16N2OS. The van der Waals surface area contributed by atoms with Crippen LogP contribution in [0, 0.1) is 0 Å². The van der Waals surface area contributed by atoms with Crippen LogP contribution in [-0.2, 0) is 0 Å². The SMILES string of the molecule is CCCNC(C)c1ncc(-c2ccsc2)o1. The van der Waals surface area contributed by atoms with E-state index >= 15 is 0 Å². The summed E-state index contributed by atoms with van der Waals surface area (Å²) < 4.78 is 5.72. The van der Waals surface area contributed by atoms with E-state index in [0.717, 1.165) is 30.2 Å². The van der Waals surface area contributed by atoms with Crippen LogP contribution >= 0.6 is 11.3 Å². The van der Waals surface area contributed by atoms with E-state index < -0.39 is 0 Å². The van der Waals surface area contributed by atoms with E-state index in [9.17, 15) is 0 Å². The molecule has 3 nitrogen and oxygen atoms in total. The second-order valence-corrected chi connectivity index (χ2v) is 4.53. The highest BCUT2D eigenvalue weighted by molar-refractivity contribution is 7.08. The van der Waals surface area contributed by atoms with Gasteiger partial charge in [-0.1, -0.05) is 6.92 Å².